The second-order valence-electron chi connectivity index (χ2n) is 3.61. The number of nitrogens with one attached hydrogen (secondary N) is 1. The first-order valence-electron chi connectivity index (χ1n) is 5.02. The fourth-order valence-electron chi connectivity index (χ4n) is 1.65. The van der Waals surface area contributed by atoms with Crippen LogP contribution >= 0.6 is 22.9 Å². The molecule has 1 fully saturated rings. The Morgan fingerprint density at radius 2 is 2.07 bits per heavy atom. The van der Waals surface area contributed by atoms with Crippen LogP contribution < -0.4 is 9.26 Å². The monoisotopic (exact) mass is 312 g/mol. The van der Waals surface area contributed by atoms with Crippen molar-refractivity contribution in [1.29, 1.82) is 0 Å². The molecule has 0 aromatic carbocycles. The highest BCUT2D eigenvalue weighted by atomic mass is 127. The van der Waals surface area contributed by atoms with Crippen molar-refractivity contribution in [2.75, 3.05) is 6.54 Å². The highest BCUT2D eigenvalue weighted by molar-refractivity contribution is 14.1. The third-order valence-electron chi connectivity index (χ3n) is 2.48. The molecule has 0 heterocycles. The van der Waals surface area contributed by atoms with Crippen LogP contribution in [0.5, 0.6) is 0 Å². The molecule has 0 radical (unpaired) electrons. The molecule has 3 N–H and O–H groups in total. The van der Waals surface area contributed by atoms with Crippen molar-refractivity contribution < 1.29 is 9.53 Å². The molecular formula is C9H17IN2O2. The van der Waals surface area contributed by atoms with Crippen LogP contribution in [0.1, 0.15) is 32.1 Å². The van der Waals surface area contributed by atoms with Gasteiger partial charge in [-0.2, -0.15) is 0 Å². The molecule has 0 atom stereocenters. The van der Waals surface area contributed by atoms with Gasteiger partial charge in [-0.1, -0.05) is 0 Å². The number of ether oxygens (including phenoxy) is 1. The number of halogens is 1. The summed E-state index contributed by atoms with van der Waals surface area (Å²) >= 11 is 2.18. The van der Waals surface area contributed by atoms with E-state index in [-0.39, 0.29) is 12.1 Å². The smallest absolute Gasteiger partial charge is 0.307 e. The lowest BCUT2D eigenvalue weighted by Crippen LogP contribution is -2.31. The van der Waals surface area contributed by atoms with Crippen LogP contribution in [0.25, 0.3) is 0 Å². The largest absolute Gasteiger partial charge is 0.462 e. The van der Waals surface area contributed by atoms with Gasteiger partial charge in [0.1, 0.15) is 6.10 Å². The SMILES string of the molecule is NCCC(=O)OC1CCC(NI)CC1. The predicted molar refractivity (Wildman–Crippen MR) is 63.0 cm³/mol. The first-order valence-corrected chi connectivity index (χ1v) is 6.10. The molecule has 4 nitrogen and oxygen atoms in total. The fraction of sp³-hybridized carbons (Fsp3) is 0.889. The van der Waals surface area contributed by atoms with Gasteiger partial charge in [0.2, 0.25) is 0 Å². The number of carbonyl (C=O) groups is 1. The third-order valence-corrected chi connectivity index (χ3v) is 3.36. The molecule has 0 bridgehead atoms. The summed E-state index contributed by atoms with van der Waals surface area (Å²) in [5.41, 5.74) is 5.27. The molecule has 1 rings (SSSR count). The van der Waals surface area contributed by atoms with E-state index in [1.807, 2.05) is 0 Å². The predicted octanol–water partition coefficient (Wildman–Crippen LogP) is 1.13. The van der Waals surface area contributed by atoms with Crippen molar-refractivity contribution in [1.82, 2.24) is 3.53 Å². The molecule has 0 aromatic rings. The Labute approximate surface area is 98.4 Å². The quantitative estimate of drug-likeness (QED) is 0.464. The van der Waals surface area contributed by atoms with E-state index < -0.39 is 0 Å². The Hall–Kier alpha value is 0.120. The summed E-state index contributed by atoms with van der Waals surface area (Å²) in [4.78, 5) is 11.1. The van der Waals surface area contributed by atoms with Crippen LogP contribution in [0.4, 0.5) is 0 Å². The van der Waals surface area contributed by atoms with Crippen molar-refractivity contribution >= 4 is 28.8 Å². The molecule has 0 spiro atoms. The maximum Gasteiger partial charge on any atom is 0.307 e. The van der Waals surface area contributed by atoms with E-state index in [4.69, 9.17) is 10.5 Å². The summed E-state index contributed by atoms with van der Waals surface area (Å²) in [5.74, 6) is -0.154. The Morgan fingerprint density at radius 1 is 1.43 bits per heavy atom. The Bertz CT molecular complexity index is 182. The minimum Gasteiger partial charge on any atom is -0.462 e. The summed E-state index contributed by atoms with van der Waals surface area (Å²) in [6.07, 6.45) is 4.57. The zero-order chi connectivity index (χ0) is 10.4. The highest BCUT2D eigenvalue weighted by Crippen LogP contribution is 2.22. The van der Waals surface area contributed by atoms with E-state index in [2.05, 4.69) is 26.4 Å². The van der Waals surface area contributed by atoms with E-state index in [9.17, 15) is 4.79 Å². The minimum atomic E-state index is -0.154. The lowest BCUT2D eigenvalue weighted by atomic mass is 9.94. The Morgan fingerprint density at radius 3 is 2.57 bits per heavy atom. The maximum absolute atomic E-state index is 11.1. The van der Waals surface area contributed by atoms with E-state index in [0.717, 1.165) is 25.7 Å². The lowest BCUT2D eigenvalue weighted by Gasteiger charge is -2.27. The first-order chi connectivity index (χ1) is 6.76. The van der Waals surface area contributed by atoms with Gasteiger partial charge in [0.05, 0.1) is 6.42 Å². The third kappa shape index (κ3) is 4.10. The van der Waals surface area contributed by atoms with Gasteiger partial charge < -0.3 is 10.5 Å². The number of esters is 1. The van der Waals surface area contributed by atoms with Crippen LogP contribution in [0, 0.1) is 0 Å². The van der Waals surface area contributed by atoms with Gasteiger partial charge >= 0.3 is 5.97 Å². The molecule has 0 unspecified atom stereocenters. The summed E-state index contributed by atoms with van der Waals surface area (Å²) < 4.78 is 8.49. The topological polar surface area (TPSA) is 64.4 Å². The zero-order valence-corrected chi connectivity index (χ0v) is 10.3. The molecule has 1 aliphatic rings. The van der Waals surface area contributed by atoms with Gasteiger partial charge in [0.25, 0.3) is 0 Å². The van der Waals surface area contributed by atoms with Gasteiger partial charge in [-0.3, -0.25) is 8.32 Å². The number of nitrogens with two attached hydrogens (primary N) is 1. The molecule has 5 heteroatoms. The molecule has 82 valence electrons. The molecular weight excluding hydrogens is 295 g/mol. The lowest BCUT2D eigenvalue weighted by molar-refractivity contribution is -0.150. The Kier molecular flexibility index (Phi) is 5.73. The molecule has 0 amide bonds. The summed E-state index contributed by atoms with van der Waals surface area (Å²) in [7, 11) is 0. The van der Waals surface area contributed by atoms with Crippen LogP contribution in [0.3, 0.4) is 0 Å². The maximum atomic E-state index is 11.1. The molecule has 14 heavy (non-hydrogen) atoms. The fourth-order valence-corrected chi connectivity index (χ4v) is 2.28. The Balaban J connectivity index is 2.18. The van der Waals surface area contributed by atoms with Crippen molar-refractivity contribution in [2.24, 2.45) is 5.73 Å². The van der Waals surface area contributed by atoms with E-state index >= 15 is 0 Å². The molecule has 0 aliphatic heterocycles. The van der Waals surface area contributed by atoms with Gasteiger partial charge in [-0.05, 0) is 25.7 Å². The average Bonchev–Trinajstić information content (AvgIpc) is 2.19. The van der Waals surface area contributed by atoms with Crippen molar-refractivity contribution in [3.05, 3.63) is 0 Å². The van der Waals surface area contributed by atoms with E-state index in [1.165, 1.54) is 0 Å². The van der Waals surface area contributed by atoms with Crippen LogP contribution in [0.15, 0.2) is 0 Å². The first kappa shape index (κ1) is 12.2. The van der Waals surface area contributed by atoms with Gasteiger partial charge in [0.15, 0.2) is 0 Å². The van der Waals surface area contributed by atoms with Gasteiger partial charge in [-0.15, -0.1) is 0 Å². The standard InChI is InChI=1S/C9H17IN2O2/c10-12-7-1-3-8(4-2-7)14-9(13)5-6-11/h7-8,12H,1-6,11H2. The second kappa shape index (κ2) is 6.58. The number of rotatable bonds is 4. The normalized spacial score (nSPS) is 27.3. The van der Waals surface area contributed by atoms with E-state index in [0.29, 0.717) is 19.0 Å². The van der Waals surface area contributed by atoms with E-state index in [1.54, 1.807) is 0 Å². The zero-order valence-electron chi connectivity index (χ0n) is 8.17. The summed E-state index contributed by atoms with van der Waals surface area (Å²) in [6, 6.07) is 0.583. The van der Waals surface area contributed by atoms with Gasteiger partial charge in [-0.25, -0.2) is 0 Å². The summed E-state index contributed by atoms with van der Waals surface area (Å²) in [5, 5.41) is 0. The highest BCUT2D eigenvalue weighted by Gasteiger charge is 2.22. The van der Waals surface area contributed by atoms with Crippen LogP contribution in [-0.2, 0) is 9.53 Å². The molecule has 1 saturated carbocycles. The van der Waals surface area contributed by atoms with Gasteiger partial charge in [0, 0.05) is 35.5 Å². The molecule has 0 aromatic heterocycles. The second-order valence-corrected chi connectivity index (χ2v) is 4.23. The molecule has 0 saturated heterocycles. The summed E-state index contributed by atoms with van der Waals surface area (Å²) in [6.45, 7) is 0.378. The minimum absolute atomic E-state index is 0.120. The molecule has 1 aliphatic carbocycles. The number of carbonyl (C=O) groups excluding carboxylic acids is 1. The number of hydrogen-bond acceptors (Lipinski definition) is 4. The number of hydrogen-bond donors (Lipinski definition) is 2. The van der Waals surface area contributed by atoms with Crippen LogP contribution in [0.2, 0.25) is 0 Å². The average molecular weight is 312 g/mol. The van der Waals surface area contributed by atoms with Crippen LogP contribution in [-0.4, -0.2) is 24.7 Å². The van der Waals surface area contributed by atoms with Crippen molar-refractivity contribution in [3.8, 4) is 0 Å². The van der Waals surface area contributed by atoms with Crippen molar-refractivity contribution in [2.45, 2.75) is 44.2 Å². The van der Waals surface area contributed by atoms with Crippen molar-refractivity contribution in [3.63, 3.8) is 0 Å².